The summed E-state index contributed by atoms with van der Waals surface area (Å²) in [6.07, 6.45) is 3.67. The van der Waals surface area contributed by atoms with Crippen LogP contribution < -0.4 is 10.9 Å². The monoisotopic (exact) mass is 300 g/mol. The van der Waals surface area contributed by atoms with Gasteiger partial charge in [-0.05, 0) is 18.2 Å². The number of anilines is 1. The van der Waals surface area contributed by atoms with E-state index in [1.165, 1.54) is 12.3 Å². The maximum Gasteiger partial charge on any atom is 0.262 e. The summed E-state index contributed by atoms with van der Waals surface area (Å²) in [5.41, 5.74) is 2.52. The summed E-state index contributed by atoms with van der Waals surface area (Å²) < 4.78 is 57.3. The lowest BCUT2D eigenvalue weighted by Crippen LogP contribution is -2.29. The fraction of sp³-hybridized carbons (Fsp3) is 0. The molecule has 2 rings (SSSR count). The van der Waals surface area contributed by atoms with E-state index in [0.29, 0.717) is 5.76 Å². The lowest BCUT2D eigenvalue weighted by Gasteiger charge is -2.09. The smallest absolute Gasteiger partial charge is 0.262 e. The van der Waals surface area contributed by atoms with E-state index in [0.717, 1.165) is 6.08 Å². The van der Waals surface area contributed by atoms with Crippen molar-refractivity contribution in [2.45, 2.75) is 0 Å². The quantitative estimate of drug-likeness (QED) is 0.395. The van der Waals surface area contributed by atoms with Crippen LogP contribution in [0.15, 0.2) is 35.0 Å². The Morgan fingerprint density at radius 1 is 1.14 bits per heavy atom. The Bertz CT molecular complexity index is 658. The Kier molecular flexibility index (Phi) is 4.27. The summed E-state index contributed by atoms with van der Waals surface area (Å²) in [6, 6.07) is 3.23. The number of rotatable bonds is 4. The van der Waals surface area contributed by atoms with Crippen LogP contribution in [0.2, 0.25) is 0 Å². The number of nitrogens with one attached hydrogen (secondary N) is 2. The Morgan fingerprint density at radius 3 is 2.38 bits per heavy atom. The first-order valence-corrected chi connectivity index (χ1v) is 5.59. The lowest BCUT2D eigenvalue weighted by atomic mass is 10.2. The van der Waals surface area contributed by atoms with Crippen molar-refractivity contribution in [3.8, 4) is 0 Å². The molecule has 1 heterocycles. The molecule has 1 amide bonds. The molecule has 21 heavy (non-hydrogen) atoms. The molecule has 4 nitrogen and oxygen atoms in total. The highest BCUT2D eigenvalue weighted by Gasteiger charge is 2.19. The summed E-state index contributed by atoms with van der Waals surface area (Å²) >= 11 is 0. The molecule has 0 saturated carbocycles. The third-order valence-electron chi connectivity index (χ3n) is 2.36. The average molecular weight is 300 g/mol. The number of carbonyl (C=O) groups is 1. The molecule has 0 fully saturated rings. The molecular weight excluding hydrogens is 292 g/mol. The number of carbonyl (C=O) groups excluding carboxylic acids is 1. The molecule has 0 unspecified atom stereocenters. The third-order valence-corrected chi connectivity index (χ3v) is 2.36. The molecule has 0 aliphatic carbocycles. The van der Waals surface area contributed by atoms with E-state index < -0.39 is 34.9 Å². The second-order valence-electron chi connectivity index (χ2n) is 3.81. The summed E-state index contributed by atoms with van der Waals surface area (Å²) in [4.78, 5) is 11.4. The van der Waals surface area contributed by atoms with E-state index >= 15 is 0 Å². The first-order valence-electron chi connectivity index (χ1n) is 5.59. The summed E-state index contributed by atoms with van der Waals surface area (Å²) in [5, 5.41) is 0. The number of furan rings is 1. The highest BCUT2D eigenvalue weighted by molar-refractivity contribution is 5.92. The Labute approximate surface area is 116 Å². The van der Waals surface area contributed by atoms with E-state index in [2.05, 4.69) is 0 Å². The van der Waals surface area contributed by atoms with Crippen molar-refractivity contribution in [2.24, 2.45) is 0 Å². The van der Waals surface area contributed by atoms with Crippen LogP contribution >= 0.6 is 0 Å². The molecule has 1 aromatic carbocycles. The Hall–Kier alpha value is -2.77. The van der Waals surface area contributed by atoms with Gasteiger partial charge in [-0.15, -0.1) is 0 Å². The van der Waals surface area contributed by atoms with Gasteiger partial charge in [-0.1, -0.05) is 0 Å². The Balaban J connectivity index is 2.05. The summed E-state index contributed by atoms with van der Waals surface area (Å²) in [5.74, 6) is -6.91. The van der Waals surface area contributed by atoms with Gasteiger partial charge >= 0.3 is 0 Å². The number of hydrogen-bond acceptors (Lipinski definition) is 3. The fourth-order valence-electron chi connectivity index (χ4n) is 1.39. The normalized spacial score (nSPS) is 10.9. The minimum Gasteiger partial charge on any atom is -0.465 e. The number of hydrogen-bond donors (Lipinski definition) is 2. The first-order chi connectivity index (χ1) is 9.99. The Morgan fingerprint density at radius 2 is 1.81 bits per heavy atom. The number of halogens is 4. The highest BCUT2D eigenvalue weighted by Crippen LogP contribution is 2.23. The fourth-order valence-corrected chi connectivity index (χ4v) is 1.39. The van der Waals surface area contributed by atoms with Crippen molar-refractivity contribution >= 4 is 17.7 Å². The van der Waals surface area contributed by atoms with Crippen molar-refractivity contribution in [3.63, 3.8) is 0 Å². The second-order valence-corrected chi connectivity index (χ2v) is 3.81. The molecule has 2 N–H and O–H groups in total. The molecule has 0 spiro atoms. The van der Waals surface area contributed by atoms with E-state index in [9.17, 15) is 22.4 Å². The lowest BCUT2D eigenvalue weighted by molar-refractivity contribution is -0.116. The minimum absolute atomic E-state index is 0.0640. The number of hydrazine groups is 1. The zero-order valence-electron chi connectivity index (χ0n) is 10.3. The van der Waals surface area contributed by atoms with Crippen LogP contribution in [-0.2, 0) is 4.79 Å². The van der Waals surface area contributed by atoms with Gasteiger partial charge in [0.25, 0.3) is 5.91 Å². The van der Waals surface area contributed by atoms with Crippen molar-refractivity contribution in [1.82, 2.24) is 5.43 Å². The highest BCUT2D eigenvalue weighted by atomic mass is 19.2. The molecule has 8 heteroatoms. The predicted molar refractivity (Wildman–Crippen MR) is 65.8 cm³/mol. The predicted octanol–water partition coefficient (Wildman–Crippen LogP) is 2.99. The standard InChI is InChI=1S/C13H8F4N2O2/c14-8-6-9(15)12(17)13(11(8)16)19-18-10(20)4-3-7-2-1-5-21-7/h1-6,19H,(H,18,20)/b4-3+. The van der Waals surface area contributed by atoms with Crippen LogP contribution in [0.1, 0.15) is 5.76 Å². The van der Waals surface area contributed by atoms with Gasteiger partial charge in [0.15, 0.2) is 23.3 Å². The van der Waals surface area contributed by atoms with Crippen LogP contribution in [0, 0.1) is 23.3 Å². The zero-order valence-corrected chi connectivity index (χ0v) is 10.3. The van der Waals surface area contributed by atoms with Crippen molar-refractivity contribution in [2.75, 3.05) is 5.43 Å². The van der Waals surface area contributed by atoms with Gasteiger partial charge in [0, 0.05) is 12.1 Å². The molecule has 0 aliphatic rings. The van der Waals surface area contributed by atoms with Crippen LogP contribution in [0.5, 0.6) is 0 Å². The van der Waals surface area contributed by atoms with E-state index in [4.69, 9.17) is 4.42 Å². The average Bonchev–Trinajstić information content (AvgIpc) is 2.96. The summed E-state index contributed by atoms with van der Waals surface area (Å²) in [7, 11) is 0. The SMILES string of the molecule is O=C(/C=C/c1ccco1)NNc1c(F)c(F)cc(F)c1F. The van der Waals surface area contributed by atoms with Crippen molar-refractivity contribution in [1.29, 1.82) is 0 Å². The van der Waals surface area contributed by atoms with Crippen LogP contribution in [0.3, 0.4) is 0 Å². The molecule has 0 bridgehead atoms. The van der Waals surface area contributed by atoms with Gasteiger partial charge in [0.2, 0.25) is 0 Å². The maximum atomic E-state index is 13.3. The molecule has 0 saturated heterocycles. The van der Waals surface area contributed by atoms with E-state index in [1.807, 2.05) is 5.43 Å². The molecular formula is C13H8F4N2O2. The minimum atomic E-state index is -1.65. The van der Waals surface area contributed by atoms with Gasteiger partial charge in [0.1, 0.15) is 11.4 Å². The van der Waals surface area contributed by atoms with Crippen molar-refractivity contribution < 1.29 is 26.8 Å². The van der Waals surface area contributed by atoms with Gasteiger partial charge < -0.3 is 4.42 Å². The molecule has 2 aromatic rings. The van der Waals surface area contributed by atoms with Crippen LogP contribution in [-0.4, -0.2) is 5.91 Å². The zero-order chi connectivity index (χ0) is 15.4. The molecule has 110 valence electrons. The van der Waals surface area contributed by atoms with Gasteiger partial charge in [-0.2, -0.15) is 0 Å². The molecule has 0 atom stereocenters. The third kappa shape index (κ3) is 3.41. The first kappa shape index (κ1) is 14.6. The largest absolute Gasteiger partial charge is 0.465 e. The molecule has 0 radical (unpaired) electrons. The van der Waals surface area contributed by atoms with E-state index in [1.54, 1.807) is 17.6 Å². The van der Waals surface area contributed by atoms with Gasteiger partial charge in [-0.3, -0.25) is 15.6 Å². The van der Waals surface area contributed by atoms with Crippen LogP contribution in [0.4, 0.5) is 23.2 Å². The molecule has 1 aromatic heterocycles. The summed E-state index contributed by atoms with van der Waals surface area (Å²) in [6.45, 7) is 0. The van der Waals surface area contributed by atoms with Crippen LogP contribution in [0.25, 0.3) is 6.08 Å². The number of amides is 1. The molecule has 0 aliphatic heterocycles. The topological polar surface area (TPSA) is 54.3 Å². The second kappa shape index (κ2) is 6.12. The van der Waals surface area contributed by atoms with Crippen molar-refractivity contribution in [3.05, 3.63) is 59.6 Å². The van der Waals surface area contributed by atoms with Gasteiger partial charge in [-0.25, -0.2) is 17.6 Å². The number of benzene rings is 1. The van der Waals surface area contributed by atoms with Gasteiger partial charge in [0.05, 0.1) is 6.26 Å². The van der Waals surface area contributed by atoms with E-state index in [-0.39, 0.29) is 6.07 Å². The maximum absolute atomic E-state index is 13.3.